The maximum atomic E-state index is 14.4. The summed E-state index contributed by atoms with van der Waals surface area (Å²) in [5, 5.41) is 20.2. The molecule has 3 fully saturated rings. The highest BCUT2D eigenvalue weighted by molar-refractivity contribution is 9.10. The molecule has 3 aliphatic rings. The number of fused-ring (bicyclic) bond motifs is 2. The van der Waals surface area contributed by atoms with Crippen LogP contribution in [0, 0.1) is 11.7 Å². The Balaban J connectivity index is 1.63. The van der Waals surface area contributed by atoms with Crippen LogP contribution in [0.15, 0.2) is 22.7 Å². The van der Waals surface area contributed by atoms with Gasteiger partial charge in [0, 0.05) is 29.5 Å². The first-order chi connectivity index (χ1) is 12.4. The van der Waals surface area contributed by atoms with Gasteiger partial charge in [0.25, 0.3) is 0 Å². The van der Waals surface area contributed by atoms with Crippen LogP contribution in [0.5, 0.6) is 0 Å². The van der Waals surface area contributed by atoms with Crippen LogP contribution in [0.4, 0.5) is 14.9 Å². The van der Waals surface area contributed by atoms with E-state index in [0.717, 1.165) is 32.2 Å². The summed E-state index contributed by atoms with van der Waals surface area (Å²) in [4.78, 5) is 15.6. The van der Waals surface area contributed by atoms with Gasteiger partial charge in [-0.05, 0) is 56.7 Å². The van der Waals surface area contributed by atoms with Crippen LogP contribution >= 0.6 is 15.9 Å². The van der Waals surface area contributed by atoms with Gasteiger partial charge in [-0.1, -0.05) is 15.9 Å². The third-order valence-electron chi connectivity index (χ3n) is 6.53. The third kappa shape index (κ3) is 2.89. The molecule has 5 nitrogen and oxygen atoms in total. The molecule has 0 spiro atoms. The lowest BCUT2D eigenvalue weighted by molar-refractivity contribution is -0.0390. The lowest BCUT2D eigenvalue weighted by atomic mass is 9.72. The van der Waals surface area contributed by atoms with Gasteiger partial charge in [-0.3, -0.25) is 4.90 Å². The zero-order chi connectivity index (χ0) is 18.5. The summed E-state index contributed by atoms with van der Waals surface area (Å²) in [7, 11) is 0. The molecule has 1 amide bonds. The van der Waals surface area contributed by atoms with E-state index in [0.29, 0.717) is 29.5 Å². The first-order valence-electron chi connectivity index (χ1n) is 9.31. The van der Waals surface area contributed by atoms with E-state index in [2.05, 4.69) is 15.9 Å². The van der Waals surface area contributed by atoms with Crippen molar-refractivity contribution in [2.45, 2.75) is 56.2 Å². The number of carbonyl (C=O) groups is 1. The maximum absolute atomic E-state index is 14.4. The average Bonchev–Trinajstić information content (AvgIpc) is 2.85. The van der Waals surface area contributed by atoms with Gasteiger partial charge < -0.3 is 15.1 Å². The van der Waals surface area contributed by atoms with E-state index in [1.165, 1.54) is 6.07 Å². The molecule has 0 aromatic heterocycles. The van der Waals surface area contributed by atoms with Crippen molar-refractivity contribution in [1.29, 1.82) is 0 Å². The molecule has 142 valence electrons. The molecule has 0 radical (unpaired) electrons. The Morgan fingerprint density at radius 2 is 2.15 bits per heavy atom. The first-order valence-corrected chi connectivity index (χ1v) is 10.1. The van der Waals surface area contributed by atoms with Crippen LogP contribution in [0.3, 0.4) is 0 Å². The van der Waals surface area contributed by atoms with Crippen LogP contribution in [0.2, 0.25) is 0 Å². The molecule has 2 bridgehead atoms. The van der Waals surface area contributed by atoms with E-state index in [4.69, 9.17) is 0 Å². The summed E-state index contributed by atoms with van der Waals surface area (Å²) in [6.45, 7) is 1.39. The standard InChI is InChI=1S/C19H24BrFN2O3/c20-13-3-4-17(16(21)8-13)22-7-1-2-12(11-22)19-6-5-14(9-15(24)10-19)23(19)18(25)26/h3-4,8,12,14-15,24H,1-2,5-7,9-11H2,(H,25,26). The van der Waals surface area contributed by atoms with E-state index in [1.807, 2.05) is 11.0 Å². The molecule has 2 N–H and O–H groups in total. The molecular formula is C19H24BrFN2O3. The smallest absolute Gasteiger partial charge is 0.408 e. The number of hydrogen-bond donors (Lipinski definition) is 2. The molecule has 7 heteroatoms. The number of aliphatic hydroxyl groups excluding tert-OH is 1. The highest BCUT2D eigenvalue weighted by Gasteiger charge is 2.57. The fourth-order valence-corrected chi connectivity index (χ4v) is 5.88. The van der Waals surface area contributed by atoms with Gasteiger partial charge in [-0.2, -0.15) is 0 Å². The summed E-state index contributed by atoms with van der Waals surface area (Å²) in [6, 6.07) is 4.99. The van der Waals surface area contributed by atoms with Crippen LogP contribution in [-0.2, 0) is 0 Å². The topological polar surface area (TPSA) is 64.0 Å². The number of aliphatic hydroxyl groups is 1. The summed E-state index contributed by atoms with van der Waals surface area (Å²) in [6.07, 6.45) is 3.12. The Kier molecular flexibility index (Phi) is 4.63. The lowest BCUT2D eigenvalue weighted by Crippen LogP contribution is -2.62. The molecule has 0 saturated carbocycles. The Labute approximate surface area is 160 Å². The van der Waals surface area contributed by atoms with Crippen molar-refractivity contribution in [2.24, 2.45) is 5.92 Å². The normalized spacial score (nSPS) is 34.2. The molecule has 3 heterocycles. The largest absolute Gasteiger partial charge is 0.465 e. The number of anilines is 1. The molecule has 4 atom stereocenters. The van der Waals surface area contributed by atoms with E-state index >= 15 is 0 Å². The minimum Gasteiger partial charge on any atom is -0.465 e. The Bertz CT molecular complexity index is 718. The van der Waals surface area contributed by atoms with Gasteiger partial charge >= 0.3 is 6.09 Å². The summed E-state index contributed by atoms with van der Waals surface area (Å²) in [5.41, 5.74) is 0.0562. The Morgan fingerprint density at radius 3 is 2.88 bits per heavy atom. The van der Waals surface area contributed by atoms with Crippen molar-refractivity contribution in [1.82, 2.24) is 4.90 Å². The highest BCUT2D eigenvalue weighted by atomic mass is 79.9. The van der Waals surface area contributed by atoms with E-state index < -0.39 is 17.7 Å². The van der Waals surface area contributed by atoms with Crippen LogP contribution < -0.4 is 4.90 Å². The number of nitrogens with zero attached hydrogens (tertiary/aromatic N) is 2. The summed E-state index contributed by atoms with van der Waals surface area (Å²) < 4.78 is 15.1. The third-order valence-corrected chi connectivity index (χ3v) is 7.02. The Morgan fingerprint density at radius 1 is 1.35 bits per heavy atom. The van der Waals surface area contributed by atoms with Crippen molar-refractivity contribution in [3.63, 3.8) is 0 Å². The zero-order valence-electron chi connectivity index (χ0n) is 14.6. The fraction of sp³-hybridized carbons (Fsp3) is 0.632. The minimum absolute atomic E-state index is 0.0870. The van der Waals surface area contributed by atoms with E-state index in [9.17, 15) is 19.4 Å². The fourth-order valence-electron chi connectivity index (χ4n) is 5.55. The molecule has 3 saturated heterocycles. The number of hydrogen-bond acceptors (Lipinski definition) is 3. The van der Waals surface area contributed by atoms with Gasteiger partial charge in [0.2, 0.25) is 0 Å². The summed E-state index contributed by atoms with van der Waals surface area (Å²) >= 11 is 3.29. The predicted octanol–water partition coefficient (Wildman–Crippen LogP) is 3.84. The van der Waals surface area contributed by atoms with Crippen molar-refractivity contribution in [3.8, 4) is 0 Å². The number of piperidine rings is 2. The van der Waals surface area contributed by atoms with Crippen LogP contribution in [0.1, 0.15) is 38.5 Å². The van der Waals surface area contributed by atoms with Crippen molar-refractivity contribution >= 4 is 27.7 Å². The van der Waals surface area contributed by atoms with E-state index in [-0.39, 0.29) is 17.8 Å². The second-order valence-corrected chi connectivity index (χ2v) is 8.84. The van der Waals surface area contributed by atoms with E-state index in [1.54, 1.807) is 11.0 Å². The van der Waals surface area contributed by atoms with Gasteiger partial charge in [-0.25, -0.2) is 9.18 Å². The predicted molar refractivity (Wildman–Crippen MR) is 99.9 cm³/mol. The van der Waals surface area contributed by atoms with Crippen molar-refractivity contribution in [3.05, 3.63) is 28.5 Å². The second kappa shape index (κ2) is 6.68. The molecule has 4 rings (SSSR count). The van der Waals surface area contributed by atoms with Crippen LogP contribution in [-0.4, -0.2) is 52.0 Å². The molecule has 26 heavy (non-hydrogen) atoms. The second-order valence-electron chi connectivity index (χ2n) is 7.92. The zero-order valence-corrected chi connectivity index (χ0v) is 16.2. The molecule has 0 aliphatic carbocycles. The summed E-state index contributed by atoms with van der Waals surface area (Å²) in [5.74, 6) is -0.157. The molecule has 1 aromatic rings. The molecule has 1 aromatic carbocycles. The van der Waals surface area contributed by atoms with Gasteiger partial charge in [0.1, 0.15) is 5.82 Å². The number of halogens is 2. The molecular weight excluding hydrogens is 403 g/mol. The van der Waals surface area contributed by atoms with Gasteiger partial charge in [0.05, 0.1) is 17.3 Å². The average molecular weight is 427 g/mol. The number of rotatable bonds is 2. The molecule has 4 unspecified atom stereocenters. The highest BCUT2D eigenvalue weighted by Crippen LogP contribution is 2.50. The Hall–Kier alpha value is -1.34. The monoisotopic (exact) mass is 426 g/mol. The quantitative estimate of drug-likeness (QED) is 0.753. The van der Waals surface area contributed by atoms with Crippen LogP contribution in [0.25, 0.3) is 0 Å². The van der Waals surface area contributed by atoms with Crippen molar-refractivity contribution < 1.29 is 19.4 Å². The SMILES string of the molecule is O=C(O)N1C2CCC1(C1CCCN(c3ccc(Br)cc3F)C1)CC(O)C2. The van der Waals surface area contributed by atoms with Gasteiger partial charge in [-0.15, -0.1) is 0 Å². The maximum Gasteiger partial charge on any atom is 0.408 e. The lowest BCUT2D eigenvalue weighted by Gasteiger charge is -2.52. The number of carboxylic acid groups (broad SMARTS) is 1. The number of amides is 1. The van der Waals surface area contributed by atoms with Gasteiger partial charge in [0.15, 0.2) is 0 Å². The van der Waals surface area contributed by atoms with Crippen molar-refractivity contribution in [2.75, 3.05) is 18.0 Å². The first kappa shape index (κ1) is 18.0. The minimum atomic E-state index is -0.883. The molecule has 3 aliphatic heterocycles. The number of benzene rings is 1.